The molecule has 0 saturated heterocycles. The third-order valence-electron chi connectivity index (χ3n) is 1.20. The number of rotatable bonds is 5. The largest absolute Gasteiger partial charge is 3.00 e. The molecule has 0 aromatic rings. The van der Waals surface area contributed by atoms with Crippen molar-refractivity contribution < 1.29 is 53.6 Å². The molecule has 9 heteroatoms. The van der Waals surface area contributed by atoms with Crippen LogP contribution in [0.3, 0.4) is 0 Å². The molecule has 2 N–H and O–H groups in total. The van der Waals surface area contributed by atoms with E-state index >= 15 is 0 Å². The minimum Gasteiger partial charge on any atom is -0.396 e. The van der Waals surface area contributed by atoms with Crippen molar-refractivity contribution in [3.05, 3.63) is 0 Å². The summed E-state index contributed by atoms with van der Waals surface area (Å²) in [6, 6.07) is 0. The first kappa shape index (κ1) is 28.0. The summed E-state index contributed by atoms with van der Waals surface area (Å²) in [5, 5.41) is 16.5. The molecule has 0 aliphatic heterocycles. The first-order chi connectivity index (χ1) is 6.83. The molecule has 0 rings (SSSR count). The van der Waals surface area contributed by atoms with Crippen LogP contribution in [0.4, 0.5) is 0 Å². The van der Waals surface area contributed by atoms with Crippen molar-refractivity contribution in [1.29, 1.82) is 0 Å². The van der Waals surface area contributed by atoms with Crippen LogP contribution < -0.4 is 0 Å². The van der Waals surface area contributed by atoms with Crippen LogP contribution >= 0.6 is 58.0 Å². The minimum absolute atomic E-state index is 0. The third kappa shape index (κ3) is 38.1. The van der Waals surface area contributed by atoms with E-state index < -0.39 is 3.79 Å². The Morgan fingerprint density at radius 1 is 0.882 bits per heavy atom. The fourth-order valence-corrected chi connectivity index (χ4v) is 1.23. The molecule has 17 heavy (non-hydrogen) atoms. The summed E-state index contributed by atoms with van der Waals surface area (Å²) in [5.41, 5.74) is 0. The van der Waals surface area contributed by atoms with E-state index in [0.29, 0.717) is 25.7 Å². The number of aliphatic hydroxyl groups is 2. The SMILES string of the molecule is OCCCC(Cl)(Cl)Cl.OCCCC(Cl)Cl.[Ti+3].[Ti+3]. The van der Waals surface area contributed by atoms with Gasteiger partial charge in [-0.15, -0.1) is 23.2 Å². The van der Waals surface area contributed by atoms with Gasteiger partial charge in [0.15, 0.2) is 3.79 Å². The average molecular weight is 416 g/mol. The normalized spacial score (nSPS) is 9.88. The summed E-state index contributed by atoms with van der Waals surface area (Å²) in [5.74, 6) is 0. The van der Waals surface area contributed by atoms with Gasteiger partial charge in [-0.05, 0) is 25.7 Å². The number of hydrogen-bond donors (Lipinski definition) is 2. The van der Waals surface area contributed by atoms with E-state index in [0.717, 1.165) is 0 Å². The fourth-order valence-electron chi connectivity index (χ4n) is 0.525. The molecule has 0 aromatic heterocycles. The predicted molar refractivity (Wildman–Crippen MR) is 68.4 cm³/mol. The summed E-state index contributed by atoms with van der Waals surface area (Å²) >= 11 is 26.6. The van der Waals surface area contributed by atoms with Gasteiger partial charge >= 0.3 is 43.4 Å². The predicted octanol–water partition coefficient (Wildman–Crippen LogP) is 3.69. The Morgan fingerprint density at radius 2 is 1.29 bits per heavy atom. The van der Waals surface area contributed by atoms with Crippen molar-refractivity contribution >= 4 is 58.0 Å². The Labute approximate surface area is 157 Å². The molecular formula is C8H15Cl5O2Ti2+6. The third-order valence-corrected chi connectivity index (χ3v) is 2.20. The van der Waals surface area contributed by atoms with Gasteiger partial charge in [-0.2, -0.15) is 0 Å². The van der Waals surface area contributed by atoms with Gasteiger partial charge in [-0.1, -0.05) is 34.8 Å². The molecule has 2 radical (unpaired) electrons. The summed E-state index contributed by atoms with van der Waals surface area (Å²) < 4.78 is -1.19. The second kappa shape index (κ2) is 18.8. The van der Waals surface area contributed by atoms with Crippen LogP contribution in [0.1, 0.15) is 25.7 Å². The van der Waals surface area contributed by atoms with E-state index in [1.807, 2.05) is 0 Å². The molecule has 0 heterocycles. The molecule has 0 saturated carbocycles. The Hall–Kier alpha value is 2.80. The standard InChI is InChI=1S/C4H7Cl3O.C4H8Cl2O.2Ti/c5-4(6,7)2-1-3-8;5-4(6)2-1-3-7;;/h8H,1-3H2;4,7H,1-3H2;;/q;;2*+3. The van der Waals surface area contributed by atoms with E-state index in [4.69, 9.17) is 68.2 Å². The van der Waals surface area contributed by atoms with Gasteiger partial charge in [0.1, 0.15) is 4.84 Å². The molecule has 0 aliphatic rings. The van der Waals surface area contributed by atoms with Gasteiger partial charge in [-0.3, -0.25) is 0 Å². The molecular weight excluding hydrogens is 401 g/mol. The molecule has 0 amide bonds. The first-order valence-corrected chi connectivity index (χ1v) is 6.40. The van der Waals surface area contributed by atoms with E-state index in [1.165, 1.54) is 0 Å². The maximum Gasteiger partial charge on any atom is 3.00 e. The molecule has 96 valence electrons. The van der Waals surface area contributed by atoms with Crippen LogP contribution in [0.5, 0.6) is 0 Å². The monoisotopic (exact) mass is 414 g/mol. The van der Waals surface area contributed by atoms with Gasteiger partial charge in [-0.25, -0.2) is 0 Å². The van der Waals surface area contributed by atoms with E-state index in [2.05, 4.69) is 0 Å². The van der Waals surface area contributed by atoms with Crippen molar-refractivity contribution in [2.24, 2.45) is 0 Å². The Morgan fingerprint density at radius 3 is 1.41 bits per heavy atom. The molecule has 0 aliphatic carbocycles. The van der Waals surface area contributed by atoms with Crippen LogP contribution in [0.15, 0.2) is 0 Å². The van der Waals surface area contributed by atoms with Gasteiger partial charge in [0.25, 0.3) is 0 Å². The van der Waals surface area contributed by atoms with Gasteiger partial charge < -0.3 is 10.2 Å². The molecule has 0 bridgehead atoms. The van der Waals surface area contributed by atoms with Crippen LogP contribution in [-0.2, 0) is 43.4 Å². The molecule has 0 fully saturated rings. The Bertz CT molecular complexity index is 136. The topological polar surface area (TPSA) is 40.5 Å². The van der Waals surface area contributed by atoms with Crippen molar-refractivity contribution in [1.82, 2.24) is 0 Å². The van der Waals surface area contributed by atoms with E-state index in [9.17, 15) is 0 Å². The van der Waals surface area contributed by atoms with Crippen LogP contribution in [0.25, 0.3) is 0 Å². The maximum atomic E-state index is 8.25. The summed E-state index contributed by atoms with van der Waals surface area (Å²) in [4.78, 5) is -0.313. The van der Waals surface area contributed by atoms with Gasteiger partial charge in [0.2, 0.25) is 0 Å². The summed E-state index contributed by atoms with van der Waals surface area (Å²) in [6.45, 7) is 0.254. The van der Waals surface area contributed by atoms with Gasteiger partial charge in [0.05, 0.1) is 0 Å². The zero-order valence-corrected chi connectivity index (χ0v) is 16.0. The average Bonchev–Trinajstić information content (AvgIpc) is 2.11. The smallest absolute Gasteiger partial charge is 0.396 e. The second-order valence-electron chi connectivity index (χ2n) is 2.70. The first-order valence-electron chi connectivity index (χ1n) is 4.40. The Balaban J connectivity index is -0.0000000896. The number of halogens is 5. The van der Waals surface area contributed by atoms with E-state index in [1.54, 1.807) is 0 Å². The number of alkyl halides is 5. The van der Waals surface area contributed by atoms with Crippen molar-refractivity contribution in [2.45, 2.75) is 34.3 Å². The number of aliphatic hydroxyl groups excluding tert-OH is 2. The van der Waals surface area contributed by atoms with Crippen molar-refractivity contribution in [2.75, 3.05) is 13.2 Å². The minimum atomic E-state index is -1.19. The molecule has 0 unspecified atom stereocenters. The fraction of sp³-hybridized carbons (Fsp3) is 1.00. The zero-order chi connectivity index (χ0) is 12.3. The molecule has 0 atom stereocenters. The second-order valence-corrected chi connectivity index (χ2v) is 6.49. The summed E-state index contributed by atoms with van der Waals surface area (Å²) in [6.07, 6.45) is 2.32. The Kier molecular flexibility index (Phi) is 31.0. The van der Waals surface area contributed by atoms with Crippen LogP contribution in [0.2, 0.25) is 0 Å². The van der Waals surface area contributed by atoms with Crippen LogP contribution in [0, 0.1) is 0 Å². The van der Waals surface area contributed by atoms with Crippen molar-refractivity contribution in [3.63, 3.8) is 0 Å². The molecule has 2 nitrogen and oxygen atoms in total. The quantitative estimate of drug-likeness (QED) is 0.531. The summed E-state index contributed by atoms with van der Waals surface area (Å²) in [7, 11) is 0. The maximum absolute atomic E-state index is 8.25. The molecule has 0 aromatic carbocycles. The number of hydrogen-bond acceptors (Lipinski definition) is 2. The molecule has 0 spiro atoms. The van der Waals surface area contributed by atoms with Gasteiger partial charge in [0, 0.05) is 13.2 Å². The van der Waals surface area contributed by atoms with Crippen LogP contribution in [-0.4, -0.2) is 32.1 Å². The zero-order valence-electron chi connectivity index (χ0n) is 9.10. The van der Waals surface area contributed by atoms with Crippen molar-refractivity contribution in [3.8, 4) is 0 Å². The van der Waals surface area contributed by atoms with E-state index in [-0.39, 0.29) is 61.5 Å².